The van der Waals surface area contributed by atoms with E-state index in [9.17, 15) is 0 Å². The van der Waals surface area contributed by atoms with E-state index in [0.717, 1.165) is 42.8 Å². The van der Waals surface area contributed by atoms with Gasteiger partial charge in [0.15, 0.2) is 0 Å². The molecule has 5 rings (SSSR count). The summed E-state index contributed by atoms with van der Waals surface area (Å²) in [7, 11) is 1.78. The van der Waals surface area contributed by atoms with Crippen LogP contribution in [-0.2, 0) is 0 Å². The van der Waals surface area contributed by atoms with Crippen molar-refractivity contribution in [1.82, 2.24) is 9.80 Å². The predicted molar refractivity (Wildman–Crippen MR) is 111 cm³/mol. The number of anilines is 1. The highest BCUT2D eigenvalue weighted by Gasteiger charge is 2.43. The first-order chi connectivity index (χ1) is 13.3. The van der Waals surface area contributed by atoms with Gasteiger partial charge in [-0.25, -0.2) is 0 Å². The fourth-order valence-corrected chi connectivity index (χ4v) is 6.46. The Morgan fingerprint density at radius 1 is 0.815 bits per heavy atom. The summed E-state index contributed by atoms with van der Waals surface area (Å²) in [5.41, 5.74) is 1.26. The Bertz CT molecular complexity index is 634. The van der Waals surface area contributed by atoms with E-state index in [-0.39, 0.29) is 0 Å². The van der Waals surface area contributed by atoms with Gasteiger partial charge in [-0.2, -0.15) is 0 Å². The number of para-hydroxylation sites is 2. The number of rotatable bonds is 4. The molecule has 4 heteroatoms. The molecule has 0 radical (unpaired) electrons. The van der Waals surface area contributed by atoms with Gasteiger partial charge in [0, 0.05) is 38.3 Å². The van der Waals surface area contributed by atoms with Crippen LogP contribution in [0.3, 0.4) is 0 Å². The lowest BCUT2D eigenvalue weighted by molar-refractivity contribution is 0.0617. The normalized spacial score (nSPS) is 32.9. The van der Waals surface area contributed by atoms with Crippen molar-refractivity contribution in [3.8, 4) is 5.75 Å². The Labute approximate surface area is 164 Å². The van der Waals surface area contributed by atoms with E-state index < -0.39 is 0 Å². The molecule has 2 heterocycles. The van der Waals surface area contributed by atoms with E-state index in [1.165, 1.54) is 70.4 Å². The quantitative estimate of drug-likeness (QED) is 0.809. The second-order valence-corrected chi connectivity index (χ2v) is 9.20. The van der Waals surface area contributed by atoms with Gasteiger partial charge < -0.3 is 9.64 Å². The standard InChI is InChI=1S/C23H35N3O/c1-27-23-5-3-2-4-21(23)26-14-12-24(13-15-26)20-8-10-25(11-9-20)22-17-18-6-7-19(22)16-18/h2-5,18-20,22H,6-17H2,1H3/t18-,19+,22-/m1/s1. The first-order valence-corrected chi connectivity index (χ1v) is 11.2. The predicted octanol–water partition coefficient (Wildman–Crippen LogP) is 3.47. The van der Waals surface area contributed by atoms with Crippen LogP contribution >= 0.6 is 0 Å². The maximum absolute atomic E-state index is 5.56. The average molecular weight is 370 g/mol. The van der Waals surface area contributed by atoms with Gasteiger partial charge in [-0.05, 0) is 69.2 Å². The minimum absolute atomic E-state index is 0.805. The summed E-state index contributed by atoms with van der Waals surface area (Å²) < 4.78 is 5.56. The van der Waals surface area contributed by atoms with Crippen LogP contribution < -0.4 is 9.64 Å². The molecule has 2 saturated heterocycles. The lowest BCUT2D eigenvalue weighted by Crippen LogP contribution is -2.54. The summed E-state index contributed by atoms with van der Waals surface area (Å²) in [5, 5.41) is 0. The number of ether oxygens (including phenoxy) is 1. The Morgan fingerprint density at radius 3 is 2.26 bits per heavy atom. The highest BCUT2D eigenvalue weighted by molar-refractivity contribution is 5.58. The van der Waals surface area contributed by atoms with E-state index in [1.54, 1.807) is 7.11 Å². The molecule has 27 heavy (non-hydrogen) atoms. The molecule has 148 valence electrons. The lowest BCUT2D eigenvalue weighted by Gasteiger charge is -2.45. The molecule has 4 fully saturated rings. The van der Waals surface area contributed by atoms with Gasteiger partial charge in [-0.3, -0.25) is 9.80 Å². The molecule has 2 bridgehead atoms. The molecule has 0 spiro atoms. The molecule has 4 aliphatic rings. The molecule has 0 N–H and O–H groups in total. The number of piperazine rings is 1. The first kappa shape index (κ1) is 17.8. The minimum atomic E-state index is 0.805. The van der Waals surface area contributed by atoms with Crippen LogP contribution in [0, 0.1) is 11.8 Å². The van der Waals surface area contributed by atoms with Gasteiger partial charge >= 0.3 is 0 Å². The highest BCUT2D eigenvalue weighted by Crippen LogP contribution is 2.47. The van der Waals surface area contributed by atoms with Crippen LogP contribution in [0.5, 0.6) is 5.75 Å². The third-order valence-electron chi connectivity index (χ3n) is 7.93. The molecule has 2 aliphatic heterocycles. The molecule has 3 atom stereocenters. The summed E-state index contributed by atoms with van der Waals surface area (Å²) >= 11 is 0. The van der Waals surface area contributed by atoms with Crippen molar-refractivity contribution in [2.45, 2.75) is 50.6 Å². The third-order valence-corrected chi connectivity index (χ3v) is 7.93. The van der Waals surface area contributed by atoms with Crippen LogP contribution in [0.25, 0.3) is 0 Å². The third kappa shape index (κ3) is 3.47. The van der Waals surface area contributed by atoms with Crippen LogP contribution in [0.2, 0.25) is 0 Å². The van der Waals surface area contributed by atoms with Crippen molar-refractivity contribution in [2.75, 3.05) is 51.3 Å². The Balaban J connectivity index is 1.12. The number of hydrogen-bond acceptors (Lipinski definition) is 4. The maximum Gasteiger partial charge on any atom is 0.142 e. The van der Waals surface area contributed by atoms with Gasteiger partial charge in [0.2, 0.25) is 0 Å². The second kappa shape index (κ2) is 7.63. The van der Waals surface area contributed by atoms with E-state index in [1.807, 2.05) is 0 Å². The molecule has 0 unspecified atom stereocenters. The van der Waals surface area contributed by atoms with Crippen molar-refractivity contribution in [1.29, 1.82) is 0 Å². The molecule has 4 nitrogen and oxygen atoms in total. The Hall–Kier alpha value is -1.26. The van der Waals surface area contributed by atoms with E-state index >= 15 is 0 Å². The van der Waals surface area contributed by atoms with Crippen LogP contribution in [-0.4, -0.2) is 68.3 Å². The topological polar surface area (TPSA) is 19.0 Å². The number of nitrogens with zero attached hydrogens (tertiary/aromatic N) is 3. The number of likely N-dealkylation sites (tertiary alicyclic amines) is 1. The van der Waals surface area contributed by atoms with Crippen LogP contribution in [0.4, 0.5) is 5.69 Å². The van der Waals surface area contributed by atoms with E-state index in [4.69, 9.17) is 4.74 Å². The van der Waals surface area contributed by atoms with Gasteiger partial charge in [0.1, 0.15) is 5.75 Å². The summed E-state index contributed by atoms with van der Waals surface area (Å²) in [6.45, 7) is 7.30. The summed E-state index contributed by atoms with van der Waals surface area (Å²) in [6.07, 6.45) is 8.84. The highest BCUT2D eigenvalue weighted by atomic mass is 16.5. The van der Waals surface area contributed by atoms with Crippen molar-refractivity contribution in [3.05, 3.63) is 24.3 Å². The van der Waals surface area contributed by atoms with Gasteiger partial charge in [-0.15, -0.1) is 0 Å². The van der Waals surface area contributed by atoms with Crippen LogP contribution in [0.1, 0.15) is 38.5 Å². The van der Waals surface area contributed by atoms with E-state index in [2.05, 4.69) is 39.0 Å². The Kier molecular flexibility index (Phi) is 5.04. The smallest absolute Gasteiger partial charge is 0.142 e. The van der Waals surface area contributed by atoms with Crippen LogP contribution in [0.15, 0.2) is 24.3 Å². The lowest BCUT2D eigenvalue weighted by atomic mass is 9.91. The monoisotopic (exact) mass is 369 g/mol. The SMILES string of the molecule is COc1ccccc1N1CCN(C2CCN([C@@H]3C[C@@H]4CC[C@H]3C4)CC2)CC1. The minimum Gasteiger partial charge on any atom is -0.495 e. The summed E-state index contributed by atoms with van der Waals surface area (Å²) in [4.78, 5) is 8.13. The van der Waals surface area contributed by atoms with Crippen molar-refractivity contribution in [3.63, 3.8) is 0 Å². The fourth-order valence-electron chi connectivity index (χ4n) is 6.46. The van der Waals surface area contributed by atoms with E-state index in [0.29, 0.717) is 0 Å². The largest absolute Gasteiger partial charge is 0.495 e. The molecule has 2 saturated carbocycles. The van der Waals surface area contributed by atoms with Crippen molar-refractivity contribution >= 4 is 5.69 Å². The summed E-state index contributed by atoms with van der Waals surface area (Å²) in [6, 6.07) is 10.2. The molecule has 1 aromatic carbocycles. The second-order valence-electron chi connectivity index (χ2n) is 9.20. The number of methoxy groups -OCH3 is 1. The zero-order valence-corrected chi connectivity index (χ0v) is 16.9. The number of benzene rings is 1. The Morgan fingerprint density at radius 2 is 1.59 bits per heavy atom. The molecule has 0 amide bonds. The maximum atomic E-state index is 5.56. The molecular formula is C23H35N3O. The molecule has 1 aromatic rings. The number of piperidine rings is 1. The molecule has 0 aromatic heterocycles. The molecule has 2 aliphatic carbocycles. The van der Waals surface area contributed by atoms with Gasteiger partial charge in [-0.1, -0.05) is 18.6 Å². The first-order valence-electron chi connectivity index (χ1n) is 11.2. The fraction of sp³-hybridized carbons (Fsp3) is 0.739. The van der Waals surface area contributed by atoms with Crippen molar-refractivity contribution in [2.24, 2.45) is 11.8 Å². The number of hydrogen-bond donors (Lipinski definition) is 0. The zero-order valence-electron chi connectivity index (χ0n) is 16.9. The summed E-state index contributed by atoms with van der Waals surface area (Å²) in [5.74, 6) is 3.11. The van der Waals surface area contributed by atoms with Crippen molar-refractivity contribution < 1.29 is 4.74 Å². The van der Waals surface area contributed by atoms with Gasteiger partial charge in [0.05, 0.1) is 12.8 Å². The van der Waals surface area contributed by atoms with Gasteiger partial charge in [0.25, 0.3) is 0 Å². The molecular weight excluding hydrogens is 334 g/mol. The zero-order chi connectivity index (χ0) is 18.2. The number of fused-ring (bicyclic) bond motifs is 2. The average Bonchev–Trinajstić information content (AvgIpc) is 3.38.